The molecule has 0 nitrogen and oxygen atoms in total. The Hall–Kier alpha value is -0.560. The van der Waals surface area contributed by atoms with Crippen LogP contribution in [0.25, 0.3) is 0 Å². The molecule has 94 valence electrons. The van der Waals surface area contributed by atoms with Crippen molar-refractivity contribution >= 4 is 11.6 Å². The highest BCUT2D eigenvalue weighted by Gasteiger charge is 2.28. The Morgan fingerprint density at radius 3 is 2.76 bits per heavy atom. The van der Waals surface area contributed by atoms with E-state index in [1.165, 1.54) is 12.8 Å². The first-order valence-electron chi connectivity index (χ1n) is 6.58. The van der Waals surface area contributed by atoms with Gasteiger partial charge in [-0.15, -0.1) is 11.6 Å². The fourth-order valence-electron chi connectivity index (χ4n) is 2.85. The minimum absolute atomic E-state index is 0.0880. The predicted octanol–water partition coefficient (Wildman–Crippen LogP) is 4.80. The van der Waals surface area contributed by atoms with Crippen molar-refractivity contribution in [1.29, 1.82) is 0 Å². The number of halogens is 2. The average Bonchev–Trinajstić information content (AvgIpc) is 2.35. The van der Waals surface area contributed by atoms with Crippen LogP contribution >= 0.6 is 11.6 Å². The van der Waals surface area contributed by atoms with Crippen LogP contribution in [0.2, 0.25) is 0 Å². The molecule has 0 aromatic heterocycles. The van der Waals surface area contributed by atoms with Crippen LogP contribution in [0.15, 0.2) is 24.3 Å². The summed E-state index contributed by atoms with van der Waals surface area (Å²) in [4.78, 5) is 0. The van der Waals surface area contributed by atoms with Gasteiger partial charge in [-0.3, -0.25) is 0 Å². The van der Waals surface area contributed by atoms with Gasteiger partial charge in [0.05, 0.1) is 0 Å². The van der Waals surface area contributed by atoms with Crippen molar-refractivity contribution in [2.75, 3.05) is 0 Å². The van der Waals surface area contributed by atoms with Crippen LogP contribution in [0.1, 0.15) is 38.2 Å². The molecule has 0 bridgehead atoms. The van der Waals surface area contributed by atoms with Gasteiger partial charge in [0.15, 0.2) is 0 Å². The Bertz CT molecular complexity index is 364. The molecule has 17 heavy (non-hydrogen) atoms. The molecule has 1 aliphatic carbocycles. The van der Waals surface area contributed by atoms with E-state index in [4.69, 9.17) is 11.6 Å². The van der Waals surface area contributed by atoms with Gasteiger partial charge < -0.3 is 0 Å². The number of benzene rings is 1. The minimum Gasteiger partial charge on any atom is -0.207 e. The van der Waals surface area contributed by atoms with Crippen molar-refractivity contribution in [3.8, 4) is 0 Å². The highest BCUT2D eigenvalue weighted by molar-refractivity contribution is 6.20. The molecule has 0 saturated heterocycles. The maximum atomic E-state index is 13.6. The van der Waals surface area contributed by atoms with Gasteiger partial charge in [-0.05, 0) is 49.1 Å². The molecule has 2 rings (SSSR count). The number of hydrogen-bond acceptors (Lipinski definition) is 0. The van der Waals surface area contributed by atoms with Crippen LogP contribution in [0.5, 0.6) is 0 Å². The van der Waals surface area contributed by atoms with Crippen molar-refractivity contribution in [1.82, 2.24) is 0 Å². The molecule has 1 aromatic carbocycles. The third kappa shape index (κ3) is 3.22. The lowest BCUT2D eigenvalue weighted by Gasteiger charge is -2.32. The molecule has 0 spiro atoms. The van der Waals surface area contributed by atoms with E-state index in [2.05, 4.69) is 6.92 Å². The average molecular weight is 255 g/mol. The zero-order chi connectivity index (χ0) is 12.3. The molecule has 0 heterocycles. The topological polar surface area (TPSA) is 0 Å². The second-order valence-electron chi connectivity index (χ2n) is 5.16. The van der Waals surface area contributed by atoms with Gasteiger partial charge in [0, 0.05) is 5.38 Å². The van der Waals surface area contributed by atoms with Gasteiger partial charge in [0.25, 0.3) is 0 Å². The van der Waals surface area contributed by atoms with Crippen LogP contribution in [-0.2, 0) is 6.42 Å². The van der Waals surface area contributed by atoms with Crippen LogP contribution in [0.4, 0.5) is 4.39 Å². The van der Waals surface area contributed by atoms with E-state index in [-0.39, 0.29) is 11.2 Å². The van der Waals surface area contributed by atoms with E-state index in [0.29, 0.717) is 5.92 Å². The zero-order valence-electron chi connectivity index (χ0n) is 10.3. The van der Waals surface area contributed by atoms with E-state index in [1.807, 2.05) is 12.1 Å². The Morgan fingerprint density at radius 1 is 1.29 bits per heavy atom. The Labute approximate surface area is 108 Å². The second-order valence-corrected chi connectivity index (χ2v) is 5.72. The predicted molar refractivity (Wildman–Crippen MR) is 70.9 cm³/mol. The summed E-state index contributed by atoms with van der Waals surface area (Å²) in [5.41, 5.74) is 0.819. The minimum atomic E-state index is -0.0880. The van der Waals surface area contributed by atoms with Gasteiger partial charge in [-0.2, -0.15) is 0 Å². The summed E-state index contributed by atoms with van der Waals surface area (Å²) in [6, 6.07) is 7.07. The van der Waals surface area contributed by atoms with Crippen molar-refractivity contribution in [2.45, 2.75) is 44.4 Å². The Morgan fingerprint density at radius 2 is 2.06 bits per heavy atom. The monoisotopic (exact) mass is 254 g/mol. The molecule has 0 amide bonds. The molecular weight excluding hydrogens is 235 g/mol. The largest absolute Gasteiger partial charge is 0.207 e. The van der Waals surface area contributed by atoms with Gasteiger partial charge in [-0.1, -0.05) is 31.5 Å². The fourth-order valence-corrected chi connectivity index (χ4v) is 3.17. The smallest absolute Gasteiger partial charge is 0.126 e. The Kier molecular flexibility index (Phi) is 4.44. The van der Waals surface area contributed by atoms with Crippen LogP contribution < -0.4 is 0 Å². The van der Waals surface area contributed by atoms with Crippen molar-refractivity contribution in [2.24, 2.45) is 11.8 Å². The van der Waals surface area contributed by atoms with E-state index < -0.39 is 0 Å². The maximum Gasteiger partial charge on any atom is 0.126 e. The molecule has 1 aliphatic rings. The quantitative estimate of drug-likeness (QED) is 0.680. The molecular formula is C15H20ClF. The summed E-state index contributed by atoms with van der Waals surface area (Å²) in [6.07, 6.45) is 5.48. The number of alkyl halides is 1. The number of hydrogen-bond donors (Lipinski definition) is 0. The summed E-state index contributed by atoms with van der Waals surface area (Å²) < 4.78 is 13.6. The van der Waals surface area contributed by atoms with E-state index in [1.54, 1.807) is 12.1 Å². The molecule has 3 unspecified atom stereocenters. The first kappa shape index (κ1) is 12.9. The first-order chi connectivity index (χ1) is 8.20. The van der Waals surface area contributed by atoms with Crippen LogP contribution in [0.3, 0.4) is 0 Å². The lowest BCUT2D eigenvalue weighted by Crippen LogP contribution is -2.27. The summed E-state index contributed by atoms with van der Waals surface area (Å²) in [7, 11) is 0. The van der Waals surface area contributed by atoms with Crippen molar-refractivity contribution < 1.29 is 4.39 Å². The molecule has 1 saturated carbocycles. The SMILES string of the molecule is CCC1CCC(Cl)C(Cc2ccccc2F)C1. The summed E-state index contributed by atoms with van der Waals surface area (Å²) in [5, 5.41) is 0.220. The van der Waals surface area contributed by atoms with E-state index >= 15 is 0 Å². The van der Waals surface area contributed by atoms with Crippen molar-refractivity contribution in [3.63, 3.8) is 0 Å². The second kappa shape index (κ2) is 5.86. The van der Waals surface area contributed by atoms with Gasteiger partial charge >= 0.3 is 0 Å². The standard InChI is InChI=1S/C15H20ClF/c1-2-11-7-8-14(16)13(9-11)10-12-5-3-4-6-15(12)17/h3-6,11,13-14H,2,7-10H2,1H3. The third-order valence-corrected chi connectivity index (χ3v) is 4.59. The molecule has 3 atom stereocenters. The Balaban J connectivity index is 2.04. The number of rotatable bonds is 3. The first-order valence-corrected chi connectivity index (χ1v) is 7.01. The summed E-state index contributed by atoms with van der Waals surface area (Å²) >= 11 is 6.38. The lowest BCUT2D eigenvalue weighted by atomic mass is 9.77. The lowest BCUT2D eigenvalue weighted by molar-refractivity contribution is 0.263. The van der Waals surface area contributed by atoms with E-state index in [0.717, 1.165) is 30.7 Å². The van der Waals surface area contributed by atoms with Gasteiger partial charge in [0.2, 0.25) is 0 Å². The molecule has 1 aromatic rings. The maximum absolute atomic E-state index is 13.6. The van der Waals surface area contributed by atoms with E-state index in [9.17, 15) is 4.39 Å². The van der Waals surface area contributed by atoms with Crippen LogP contribution in [-0.4, -0.2) is 5.38 Å². The third-order valence-electron chi connectivity index (χ3n) is 4.02. The zero-order valence-corrected chi connectivity index (χ0v) is 11.1. The molecule has 2 heteroatoms. The van der Waals surface area contributed by atoms with Crippen molar-refractivity contribution in [3.05, 3.63) is 35.6 Å². The normalized spacial score (nSPS) is 29.2. The van der Waals surface area contributed by atoms with Crippen LogP contribution in [0, 0.1) is 17.7 Å². The fraction of sp³-hybridized carbons (Fsp3) is 0.600. The summed E-state index contributed by atoms with van der Waals surface area (Å²) in [5.74, 6) is 1.13. The van der Waals surface area contributed by atoms with Gasteiger partial charge in [-0.25, -0.2) is 4.39 Å². The highest BCUT2D eigenvalue weighted by atomic mass is 35.5. The van der Waals surface area contributed by atoms with Gasteiger partial charge in [0.1, 0.15) is 5.82 Å². The molecule has 1 fully saturated rings. The molecule has 0 radical (unpaired) electrons. The molecule has 0 aliphatic heterocycles. The molecule has 0 N–H and O–H groups in total. The summed E-state index contributed by atoms with van der Waals surface area (Å²) in [6.45, 7) is 2.24. The highest BCUT2D eigenvalue weighted by Crippen LogP contribution is 2.36.